The van der Waals surface area contributed by atoms with E-state index in [0.29, 0.717) is 18.6 Å². The Morgan fingerprint density at radius 1 is 1.30 bits per heavy atom. The smallest absolute Gasteiger partial charge is 0.314 e. The summed E-state index contributed by atoms with van der Waals surface area (Å²) in [5.74, 6) is -0.117. The highest BCUT2D eigenvalue weighted by atomic mass is 32.1. The van der Waals surface area contributed by atoms with Gasteiger partial charge in [-0.2, -0.15) is 12.6 Å². The summed E-state index contributed by atoms with van der Waals surface area (Å²) in [4.78, 5) is 11.8. The fraction of sp³-hybridized carbons (Fsp3) is 0.562. The molecular weight excluding hydrogens is 272 g/mol. The quantitative estimate of drug-likeness (QED) is 0.725. The average molecular weight is 296 g/mol. The van der Waals surface area contributed by atoms with E-state index in [1.807, 2.05) is 33.8 Å². The van der Waals surface area contributed by atoms with E-state index in [1.54, 1.807) is 12.1 Å². The van der Waals surface area contributed by atoms with Gasteiger partial charge in [0.1, 0.15) is 5.75 Å². The highest BCUT2D eigenvalue weighted by molar-refractivity contribution is 7.80. The van der Waals surface area contributed by atoms with Crippen LogP contribution in [0.1, 0.15) is 51.7 Å². The summed E-state index contributed by atoms with van der Waals surface area (Å²) in [5, 5.41) is 19.7. The molecule has 0 aliphatic rings. The number of carbonyl (C=O) groups is 1. The van der Waals surface area contributed by atoms with Crippen LogP contribution >= 0.6 is 12.6 Å². The molecule has 0 radical (unpaired) electrons. The van der Waals surface area contributed by atoms with Crippen LogP contribution in [-0.4, -0.2) is 21.9 Å². The van der Waals surface area contributed by atoms with Crippen LogP contribution in [0.5, 0.6) is 5.75 Å². The number of thiol groups is 1. The second-order valence-electron chi connectivity index (χ2n) is 6.20. The molecule has 2 N–H and O–H groups in total. The second-order valence-corrected chi connectivity index (χ2v) is 6.64. The van der Waals surface area contributed by atoms with Crippen LogP contribution in [0.25, 0.3) is 0 Å². The molecule has 0 heterocycles. The lowest BCUT2D eigenvalue weighted by Crippen LogP contribution is -2.36. The highest BCUT2D eigenvalue weighted by Crippen LogP contribution is 2.38. The summed E-state index contributed by atoms with van der Waals surface area (Å²) in [6.07, 6.45) is 0.966. The van der Waals surface area contributed by atoms with E-state index in [4.69, 9.17) is 0 Å². The Labute approximate surface area is 126 Å². The van der Waals surface area contributed by atoms with Crippen LogP contribution in [0.15, 0.2) is 18.2 Å². The van der Waals surface area contributed by atoms with Gasteiger partial charge < -0.3 is 10.2 Å². The second kappa shape index (κ2) is 6.08. The van der Waals surface area contributed by atoms with Crippen molar-refractivity contribution in [3.05, 3.63) is 29.3 Å². The lowest BCUT2D eigenvalue weighted by Gasteiger charge is -2.30. The molecule has 20 heavy (non-hydrogen) atoms. The molecule has 112 valence electrons. The molecule has 0 fully saturated rings. The van der Waals surface area contributed by atoms with E-state index in [0.717, 1.165) is 11.1 Å². The Morgan fingerprint density at radius 2 is 1.90 bits per heavy atom. The zero-order chi connectivity index (χ0) is 15.6. The summed E-state index contributed by atoms with van der Waals surface area (Å²) in [5.41, 5.74) is 0.339. The predicted octanol–water partition coefficient (Wildman–Crippen LogP) is 3.74. The molecule has 3 nitrogen and oxygen atoms in total. The zero-order valence-electron chi connectivity index (χ0n) is 12.6. The standard InChI is InChI=1S/C16H24O3S/c1-5-16(8-9-20,14(18)19)11-6-7-13(17)12(10-11)15(2,3)4/h6-7,10,17,20H,5,8-9H2,1-4H3,(H,18,19). The first-order chi connectivity index (χ1) is 9.19. The Balaban J connectivity index is 3.47. The number of benzene rings is 1. The van der Waals surface area contributed by atoms with Crippen molar-refractivity contribution in [1.29, 1.82) is 0 Å². The molecular formula is C16H24O3S. The molecule has 4 heteroatoms. The largest absolute Gasteiger partial charge is 0.508 e. The van der Waals surface area contributed by atoms with E-state index < -0.39 is 11.4 Å². The van der Waals surface area contributed by atoms with Crippen LogP contribution in [0, 0.1) is 0 Å². The first-order valence-corrected chi connectivity index (χ1v) is 7.50. The fourth-order valence-corrected chi connectivity index (χ4v) is 2.91. The Kier molecular flexibility index (Phi) is 5.14. The van der Waals surface area contributed by atoms with Gasteiger partial charge in [0.15, 0.2) is 0 Å². The van der Waals surface area contributed by atoms with Gasteiger partial charge in [0.05, 0.1) is 5.41 Å². The van der Waals surface area contributed by atoms with Crippen LogP contribution in [-0.2, 0) is 15.6 Å². The van der Waals surface area contributed by atoms with Gasteiger partial charge >= 0.3 is 5.97 Å². The third-order valence-corrected chi connectivity index (χ3v) is 4.13. The summed E-state index contributed by atoms with van der Waals surface area (Å²) >= 11 is 4.20. The SMILES string of the molecule is CCC(CCS)(C(=O)O)c1ccc(O)c(C(C)(C)C)c1. The molecule has 0 aliphatic heterocycles. The normalized spacial score (nSPS) is 14.8. The molecule has 0 saturated carbocycles. The van der Waals surface area contributed by atoms with Crippen LogP contribution in [0.4, 0.5) is 0 Å². The number of aliphatic carboxylic acids is 1. The number of aromatic hydroxyl groups is 1. The van der Waals surface area contributed by atoms with Crippen molar-refractivity contribution < 1.29 is 15.0 Å². The number of hydrogen-bond acceptors (Lipinski definition) is 3. The third-order valence-electron chi connectivity index (χ3n) is 3.91. The Bertz CT molecular complexity index is 491. The molecule has 0 spiro atoms. The molecule has 1 unspecified atom stereocenters. The molecule has 0 aliphatic carbocycles. The maximum atomic E-state index is 11.8. The molecule has 0 bridgehead atoms. The fourth-order valence-electron chi connectivity index (χ4n) is 2.53. The van der Waals surface area contributed by atoms with Crippen molar-refractivity contribution in [2.75, 3.05) is 5.75 Å². The third kappa shape index (κ3) is 3.11. The summed E-state index contributed by atoms with van der Waals surface area (Å²) in [6, 6.07) is 5.14. The van der Waals surface area contributed by atoms with Crippen LogP contribution in [0.3, 0.4) is 0 Å². The van der Waals surface area contributed by atoms with Crippen molar-refractivity contribution in [1.82, 2.24) is 0 Å². The summed E-state index contributed by atoms with van der Waals surface area (Å²) in [7, 11) is 0. The number of rotatable bonds is 5. The number of hydrogen-bond donors (Lipinski definition) is 3. The minimum absolute atomic E-state index is 0.211. The summed E-state index contributed by atoms with van der Waals surface area (Å²) < 4.78 is 0. The molecule has 0 amide bonds. The van der Waals surface area contributed by atoms with Crippen LogP contribution < -0.4 is 0 Å². The molecule has 1 atom stereocenters. The number of carboxylic acids is 1. The summed E-state index contributed by atoms with van der Waals surface area (Å²) in [6.45, 7) is 7.87. The maximum absolute atomic E-state index is 11.8. The topological polar surface area (TPSA) is 57.5 Å². The Hall–Kier alpha value is -1.16. The lowest BCUT2D eigenvalue weighted by molar-refractivity contribution is -0.144. The zero-order valence-corrected chi connectivity index (χ0v) is 13.5. The molecule has 0 saturated heterocycles. The minimum atomic E-state index is -0.935. The molecule has 1 aromatic rings. The van der Waals surface area contributed by atoms with Crippen molar-refractivity contribution >= 4 is 18.6 Å². The van der Waals surface area contributed by atoms with Gasteiger partial charge in [-0.25, -0.2) is 0 Å². The monoisotopic (exact) mass is 296 g/mol. The number of phenolic OH excluding ortho intramolecular Hbond substituents is 1. The van der Waals surface area contributed by atoms with Crippen molar-refractivity contribution in [2.45, 2.75) is 51.4 Å². The molecule has 1 aromatic carbocycles. The number of phenols is 1. The molecule has 1 rings (SSSR count). The van der Waals surface area contributed by atoms with Crippen LogP contribution in [0.2, 0.25) is 0 Å². The minimum Gasteiger partial charge on any atom is -0.508 e. The lowest BCUT2D eigenvalue weighted by atomic mass is 9.73. The van der Waals surface area contributed by atoms with E-state index in [-0.39, 0.29) is 11.2 Å². The van der Waals surface area contributed by atoms with Gasteiger partial charge in [-0.3, -0.25) is 4.79 Å². The van der Waals surface area contributed by atoms with Gasteiger partial charge in [0.25, 0.3) is 0 Å². The first kappa shape index (κ1) is 16.9. The first-order valence-electron chi connectivity index (χ1n) is 6.87. The van der Waals surface area contributed by atoms with E-state index in [1.165, 1.54) is 0 Å². The van der Waals surface area contributed by atoms with Gasteiger partial charge in [0.2, 0.25) is 0 Å². The van der Waals surface area contributed by atoms with Gasteiger partial charge in [-0.15, -0.1) is 0 Å². The van der Waals surface area contributed by atoms with E-state index in [9.17, 15) is 15.0 Å². The maximum Gasteiger partial charge on any atom is 0.314 e. The van der Waals surface area contributed by atoms with Crippen molar-refractivity contribution in [3.8, 4) is 5.75 Å². The van der Waals surface area contributed by atoms with E-state index in [2.05, 4.69) is 12.6 Å². The van der Waals surface area contributed by atoms with Gasteiger partial charge in [0, 0.05) is 0 Å². The van der Waals surface area contributed by atoms with Gasteiger partial charge in [-0.1, -0.05) is 39.8 Å². The van der Waals surface area contributed by atoms with Crippen molar-refractivity contribution in [2.24, 2.45) is 0 Å². The van der Waals surface area contributed by atoms with Crippen molar-refractivity contribution in [3.63, 3.8) is 0 Å². The number of carboxylic acid groups (broad SMARTS) is 1. The highest BCUT2D eigenvalue weighted by Gasteiger charge is 2.38. The molecule has 0 aromatic heterocycles. The van der Waals surface area contributed by atoms with Gasteiger partial charge in [-0.05, 0) is 41.2 Å². The Morgan fingerprint density at radius 3 is 2.30 bits per heavy atom. The van der Waals surface area contributed by atoms with E-state index >= 15 is 0 Å². The average Bonchev–Trinajstić information content (AvgIpc) is 2.35. The predicted molar refractivity (Wildman–Crippen MR) is 84.9 cm³/mol.